The molecule has 2 saturated carbocycles. The zero-order valence-electron chi connectivity index (χ0n) is 24.5. The molecule has 2 fully saturated rings. The fourth-order valence-electron chi connectivity index (χ4n) is 5.05. The fraction of sp³-hybridized carbons (Fsp3) is 0.300. The number of hydrogen-bond acceptors (Lipinski definition) is 10. The Kier molecular flexibility index (Phi) is 7.73. The van der Waals surface area contributed by atoms with Gasteiger partial charge in [0.05, 0.1) is 65.5 Å². The molecule has 0 radical (unpaired) electrons. The van der Waals surface area contributed by atoms with Crippen LogP contribution in [-0.4, -0.2) is 52.6 Å². The first-order chi connectivity index (χ1) is 22.7. The number of halogens is 5. The first kappa shape index (κ1) is 30.2. The molecule has 242 valence electrons. The first-order valence-corrected chi connectivity index (χ1v) is 14.5. The lowest BCUT2D eigenvalue weighted by Gasteiger charge is -2.16. The van der Waals surface area contributed by atoms with Gasteiger partial charge in [-0.3, -0.25) is 9.36 Å². The van der Waals surface area contributed by atoms with Crippen LogP contribution in [0.1, 0.15) is 72.1 Å². The molecule has 17 heteroatoms. The summed E-state index contributed by atoms with van der Waals surface area (Å²) in [4.78, 5) is 29.2. The average molecular weight is 653 g/mol. The summed E-state index contributed by atoms with van der Waals surface area (Å²) in [6, 6.07) is 2.44. The van der Waals surface area contributed by atoms with E-state index in [1.165, 1.54) is 12.4 Å². The van der Waals surface area contributed by atoms with Crippen molar-refractivity contribution in [2.45, 2.75) is 50.6 Å². The molecule has 0 atom stereocenters. The summed E-state index contributed by atoms with van der Waals surface area (Å²) in [5.41, 5.74) is -2.79. The molecular formula is C30H25F5N10O2. The Labute approximate surface area is 263 Å². The number of hydrogen-bond donors (Lipinski definition) is 2. The molecule has 0 unspecified atom stereocenters. The lowest BCUT2D eigenvalue weighted by molar-refractivity contribution is 0.0596. The van der Waals surface area contributed by atoms with E-state index in [1.807, 2.05) is 0 Å². The first-order valence-electron chi connectivity index (χ1n) is 14.5. The highest BCUT2D eigenvalue weighted by Crippen LogP contribution is 2.40. The molecule has 4 heterocycles. The molecule has 2 aliphatic rings. The summed E-state index contributed by atoms with van der Waals surface area (Å²) in [5, 5.41) is 14.3. The van der Waals surface area contributed by atoms with Crippen LogP contribution < -0.4 is 10.6 Å². The number of ether oxygens (including phenoxy) is 1. The molecular weight excluding hydrogens is 627 g/mol. The van der Waals surface area contributed by atoms with Gasteiger partial charge in [-0.05, 0) is 37.8 Å². The van der Waals surface area contributed by atoms with Crippen molar-refractivity contribution in [1.82, 2.24) is 39.5 Å². The van der Waals surface area contributed by atoms with Crippen LogP contribution in [0, 0.1) is 5.82 Å². The van der Waals surface area contributed by atoms with Gasteiger partial charge >= 0.3 is 5.97 Å². The van der Waals surface area contributed by atoms with Crippen LogP contribution in [0.4, 0.5) is 45.2 Å². The third-order valence-electron chi connectivity index (χ3n) is 7.67. The van der Waals surface area contributed by atoms with Crippen molar-refractivity contribution < 1.29 is 31.5 Å². The van der Waals surface area contributed by atoms with E-state index >= 15 is 4.39 Å². The van der Waals surface area contributed by atoms with Gasteiger partial charge in [0.25, 0.3) is 12.9 Å². The molecule has 4 aromatic heterocycles. The molecule has 0 spiro atoms. The summed E-state index contributed by atoms with van der Waals surface area (Å²) < 4.78 is 81.2. The minimum absolute atomic E-state index is 0.104. The number of methoxy groups -OCH3 is 1. The topological polar surface area (TPSA) is 138 Å². The van der Waals surface area contributed by atoms with E-state index in [0.29, 0.717) is 11.4 Å². The molecule has 7 rings (SSSR count). The zero-order valence-corrected chi connectivity index (χ0v) is 24.5. The van der Waals surface area contributed by atoms with Gasteiger partial charge in [-0.1, -0.05) is 0 Å². The maximum Gasteiger partial charge on any atom is 0.341 e. The SMILES string of the molecule is COC(=O)c1c(F)cc(-c2nc(Nc3cnn(C4CC4)c3)ncc2C(F)F)cc1-c1nc(Nc2cnn(C3CC3)c2)ncc1C(F)F. The van der Waals surface area contributed by atoms with Gasteiger partial charge in [-0.2, -0.15) is 10.2 Å². The summed E-state index contributed by atoms with van der Waals surface area (Å²) in [6.07, 6.45) is 5.85. The average Bonchev–Trinajstić information content (AvgIpc) is 4.00. The molecule has 47 heavy (non-hydrogen) atoms. The number of nitrogens with one attached hydrogen (secondary N) is 2. The Bertz CT molecular complexity index is 1970. The maximum absolute atomic E-state index is 15.8. The minimum Gasteiger partial charge on any atom is -0.465 e. The van der Waals surface area contributed by atoms with E-state index in [1.54, 1.807) is 21.8 Å². The second kappa shape index (κ2) is 12.0. The van der Waals surface area contributed by atoms with Crippen molar-refractivity contribution >= 4 is 29.2 Å². The lowest BCUT2D eigenvalue weighted by atomic mass is 9.95. The van der Waals surface area contributed by atoms with Gasteiger partial charge < -0.3 is 15.4 Å². The largest absolute Gasteiger partial charge is 0.465 e. The second-order valence-corrected chi connectivity index (χ2v) is 11.1. The minimum atomic E-state index is -3.16. The number of aromatic nitrogens is 8. The highest BCUT2D eigenvalue weighted by atomic mass is 19.3. The summed E-state index contributed by atoms with van der Waals surface area (Å²) in [5.74, 6) is -2.69. The van der Waals surface area contributed by atoms with Crippen LogP contribution in [0.15, 0.2) is 49.3 Å². The van der Waals surface area contributed by atoms with Gasteiger partial charge in [0, 0.05) is 35.9 Å². The van der Waals surface area contributed by atoms with Gasteiger partial charge in [0.2, 0.25) is 11.9 Å². The van der Waals surface area contributed by atoms with Crippen LogP contribution >= 0.6 is 0 Å². The maximum atomic E-state index is 15.8. The van der Waals surface area contributed by atoms with E-state index in [-0.39, 0.29) is 29.5 Å². The van der Waals surface area contributed by atoms with Crippen molar-refractivity contribution in [3.05, 3.63) is 71.8 Å². The number of esters is 1. The fourth-order valence-corrected chi connectivity index (χ4v) is 5.05. The quantitative estimate of drug-likeness (QED) is 0.114. The van der Waals surface area contributed by atoms with Crippen LogP contribution in [-0.2, 0) is 4.74 Å². The molecule has 2 N–H and O–H groups in total. The lowest BCUT2D eigenvalue weighted by Crippen LogP contribution is -2.11. The number of carbonyl (C=O) groups excluding carboxylic acids is 1. The number of benzene rings is 1. The van der Waals surface area contributed by atoms with Gasteiger partial charge in [-0.25, -0.2) is 46.7 Å². The smallest absolute Gasteiger partial charge is 0.341 e. The van der Waals surface area contributed by atoms with Crippen LogP contribution in [0.25, 0.3) is 22.5 Å². The van der Waals surface area contributed by atoms with Crippen molar-refractivity contribution in [1.29, 1.82) is 0 Å². The number of rotatable bonds is 11. The second-order valence-electron chi connectivity index (χ2n) is 11.1. The van der Waals surface area contributed by atoms with E-state index in [9.17, 15) is 22.4 Å². The number of nitrogens with zero attached hydrogens (tertiary/aromatic N) is 8. The molecule has 2 aliphatic carbocycles. The van der Waals surface area contributed by atoms with Crippen LogP contribution in [0.3, 0.4) is 0 Å². The van der Waals surface area contributed by atoms with E-state index in [0.717, 1.165) is 57.3 Å². The van der Waals surface area contributed by atoms with Crippen molar-refractivity contribution in [3.63, 3.8) is 0 Å². The summed E-state index contributed by atoms with van der Waals surface area (Å²) in [7, 11) is 0.987. The summed E-state index contributed by atoms with van der Waals surface area (Å²) in [6.45, 7) is 0. The van der Waals surface area contributed by atoms with E-state index < -0.39 is 58.3 Å². The molecule has 0 bridgehead atoms. The normalized spacial score (nSPS) is 14.6. The number of anilines is 4. The van der Waals surface area contributed by atoms with Gasteiger partial charge in [0.15, 0.2) is 0 Å². The van der Waals surface area contributed by atoms with Gasteiger partial charge in [0.1, 0.15) is 11.4 Å². The van der Waals surface area contributed by atoms with Crippen molar-refractivity contribution in [2.24, 2.45) is 0 Å². The molecule has 1 aromatic carbocycles. The van der Waals surface area contributed by atoms with Gasteiger partial charge in [-0.15, -0.1) is 0 Å². The Morgan fingerprint density at radius 3 is 1.81 bits per heavy atom. The Hall–Kier alpha value is -5.48. The Balaban J connectivity index is 1.33. The standard InChI is InChI=1S/C30H25F5N10O2/c1-47-28(46)23-19(25-21(27(34)35)11-37-30(43-25)41-16-9-39-45(13-16)18-4-5-18)6-14(7-22(23)31)24-20(26(32)33)10-36-29(42-24)40-15-8-38-44(12-15)17-2-3-17/h6-13,17-18,26-27H,2-5H2,1H3,(H,36,40,42)(H,37,41,43). The van der Waals surface area contributed by atoms with Crippen molar-refractivity contribution in [3.8, 4) is 22.5 Å². The predicted molar refractivity (Wildman–Crippen MR) is 157 cm³/mol. The third-order valence-corrected chi connectivity index (χ3v) is 7.67. The van der Waals surface area contributed by atoms with Crippen LogP contribution in [0.5, 0.6) is 0 Å². The van der Waals surface area contributed by atoms with E-state index in [4.69, 9.17) is 4.74 Å². The Morgan fingerprint density at radius 2 is 1.32 bits per heavy atom. The molecule has 0 aliphatic heterocycles. The van der Waals surface area contributed by atoms with Crippen LogP contribution in [0.2, 0.25) is 0 Å². The number of alkyl halides is 4. The Morgan fingerprint density at radius 1 is 0.809 bits per heavy atom. The molecule has 0 amide bonds. The molecule has 0 saturated heterocycles. The monoisotopic (exact) mass is 652 g/mol. The molecule has 5 aromatic rings. The predicted octanol–water partition coefficient (Wildman–Crippen LogP) is 6.95. The van der Waals surface area contributed by atoms with Crippen molar-refractivity contribution in [2.75, 3.05) is 17.7 Å². The molecule has 12 nitrogen and oxygen atoms in total. The third kappa shape index (κ3) is 6.19. The highest BCUT2D eigenvalue weighted by Gasteiger charge is 2.29. The highest BCUT2D eigenvalue weighted by molar-refractivity contribution is 5.98. The van der Waals surface area contributed by atoms with E-state index in [2.05, 4.69) is 40.8 Å². The summed E-state index contributed by atoms with van der Waals surface area (Å²) >= 11 is 0. The zero-order chi connectivity index (χ0) is 32.8. The number of carbonyl (C=O) groups is 1.